The molecule has 1 saturated heterocycles. The van der Waals surface area contributed by atoms with E-state index in [2.05, 4.69) is 10.3 Å². The number of carbonyl (C=O) groups is 2. The molecule has 2 heterocycles. The minimum atomic E-state index is -0.356. The number of phenols is 1. The Morgan fingerprint density at radius 2 is 1.71 bits per heavy atom. The summed E-state index contributed by atoms with van der Waals surface area (Å²) in [4.78, 5) is 31.9. The minimum Gasteiger partial charge on any atom is -0.505 e. The molecule has 2 N–H and O–H groups in total. The Bertz CT molecular complexity index is 944. The Morgan fingerprint density at radius 3 is 2.35 bits per heavy atom. The lowest BCUT2D eigenvalue weighted by atomic mass is 9.87. The summed E-state index contributed by atoms with van der Waals surface area (Å²) in [5, 5.41) is 15.2. The van der Waals surface area contributed by atoms with Crippen molar-refractivity contribution in [3.8, 4) is 5.75 Å². The predicted molar refractivity (Wildman–Crippen MR) is 123 cm³/mol. The molecule has 0 radical (unpaired) electrons. The van der Waals surface area contributed by atoms with Crippen molar-refractivity contribution in [3.63, 3.8) is 0 Å². The van der Waals surface area contributed by atoms with Crippen molar-refractivity contribution in [2.45, 2.75) is 50.9 Å². The van der Waals surface area contributed by atoms with E-state index >= 15 is 0 Å². The summed E-state index contributed by atoms with van der Waals surface area (Å²) in [6.45, 7) is 1.51. The van der Waals surface area contributed by atoms with Crippen LogP contribution in [0.25, 0.3) is 0 Å². The number of rotatable bonds is 4. The average Bonchev–Trinajstić information content (AvgIpc) is 3.28. The summed E-state index contributed by atoms with van der Waals surface area (Å²) < 4.78 is 0. The van der Waals surface area contributed by atoms with Crippen molar-refractivity contribution in [1.82, 2.24) is 9.88 Å². The molecule has 1 aromatic heterocycles. The van der Waals surface area contributed by atoms with Gasteiger partial charge in [-0.1, -0.05) is 42.5 Å². The highest BCUT2D eigenvalue weighted by molar-refractivity contribution is 7.10. The maximum Gasteiger partial charge on any atom is 0.275 e. The molecule has 0 spiro atoms. The van der Waals surface area contributed by atoms with E-state index in [1.165, 1.54) is 42.7 Å². The predicted octanol–water partition coefficient (Wildman–Crippen LogP) is 5.69. The zero-order chi connectivity index (χ0) is 22.0. The fraction of sp³-hybridized carbons (Fsp3) is 0.500. The molecule has 2 aromatic rings. The van der Waals surface area contributed by atoms with E-state index in [9.17, 15) is 14.7 Å². The van der Waals surface area contributed by atoms with E-state index < -0.39 is 0 Å². The lowest BCUT2D eigenvalue weighted by Crippen LogP contribution is -2.41. The maximum atomic E-state index is 12.8. The van der Waals surface area contributed by atoms with Gasteiger partial charge in [0.15, 0.2) is 5.75 Å². The Balaban J connectivity index is 1.34. The second kappa shape index (κ2) is 9.76. The van der Waals surface area contributed by atoms with Crippen LogP contribution in [0, 0.1) is 5.92 Å². The molecule has 0 atom stereocenters. The van der Waals surface area contributed by atoms with E-state index in [1.807, 2.05) is 4.90 Å². The van der Waals surface area contributed by atoms with Gasteiger partial charge in [0, 0.05) is 36.0 Å². The zero-order valence-corrected chi connectivity index (χ0v) is 19.4. The lowest BCUT2D eigenvalue weighted by molar-refractivity contribution is -0.137. The summed E-state index contributed by atoms with van der Waals surface area (Å²) >= 11 is 13.3. The molecule has 0 unspecified atom stereocenters. The largest absolute Gasteiger partial charge is 0.505 e. The van der Waals surface area contributed by atoms with Crippen LogP contribution in [-0.2, 0) is 4.79 Å². The number of nitrogens with zero attached hydrogens (tertiary/aromatic N) is 2. The zero-order valence-electron chi connectivity index (χ0n) is 17.1. The van der Waals surface area contributed by atoms with Crippen molar-refractivity contribution < 1.29 is 14.7 Å². The van der Waals surface area contributed by atoms with Gasteiger partial charge in [0.25, 0.3) is 5.91 Å². The first-order valence-electron chi connectivity index (χ1n) is 10.7. The molecule has 6 nitrogen and oxygen atoms in total. The van der Waals surface area contributed by atoms with Crippen molar-refractivity contribution in [1.29, 1.82) is 0 Å². The third kappa shape index (κ3) is 5.16. The number of aromatic hydroxyl groups is 1. The van der Waals surface area contributed by atoms with E-state index in [1.54, 1.807) is 5.38 Å². The number of phenolic OH excluding ortho intramolecular Hbond substituents is 1. The molecule has 2 aliphatic rings. The molecule has 1 saturated carbocycles. The number of hydrogen-bond acceptors (Lipinski definition) is 5. The molecular formula is C22H25Cl2N3O3S. The van der Waals surface area contributed by atoms with Gasteiger partial charge >= 0.3 is 0 Å². The summed E-state index contributed by atoms with van der Waals surface area (Å²) in [5.74, 6) is 0.223. The Kier molecular flexibility index (Phi) is 7.04. The van der Waals surface area contributed by atoms with E-state index in [0.29, 0.717) is 17.3 Å². The number of anilines is 1. The van der Waals surface area contributed by atoms with E-state index in [0.717, 1.165) is 43.8 Å². The number of carbonyl (C=O) groups excluding carboxylic acids is 2. The summed E-state index contributed by atoms with van der Waals surface area (Å²) in [6, 6.07) is 2.87. The molecule has 2 amide bonds. The quantitative estimate of drug-likeness (QED) is 0.549. The highest BCUT2D eigenvalue weighted by Gasteiger charge is 2.30. The molecule has 0 bridgehead atoms. The van der Waals surface area contributed by atoms with Gasteiger partial charge < -0.3 is 15.3 Å². The van der Waals surface area contributed by atoms with Crippen molar-refractivity contribution in [2.24, 2.45) is 5.92 Å². The van der Waals surface area contributed by atoms with Crippen LogP contribution < -0.4 is 5.32 Å². The number of likely N-dealkylation sites (tertiary alicyclic amines) is 1. The maximum absolute atomic E-state index is 12.8. The second-order valence-corrected chi connectivity index (χ2v) is 9.95. The van der Waals surface area contributed by atoms with Crippen LogP contribution in [0.4, 0.5) is 5.69 Å². The van der Waals surface area contributed by atoms with Gasteiger partial charge in [-0.2, -0.15) is 0 Å². The Morgan fingerprint density at radius 1 is 1.06 bits per heavy atom. The van der Waals surface area contributed by atoms with E-state index in [4.69, 9.17) is 23.2 Å². The molecule has 4 rings (SSSR count). The first kappa shape index (κ1) is 22.4. The third-order valence-electron chi connectivity index (χ3n) is 6.14. The average molecular weight is 482 g/mol. The van der Waals surface area contributed by atoms with Crippen LogP contribution in [0.5, 0.6) is 5.75 Å². The van der Waals surface area contributed by atoms with Crippen LogP contribution in [-0.4, -0.2) is 39.9 Å². The first-order chi connectivity index (χ1) is 14.9. The summed E-state index contributed by atoms with van der Waals surface area (Å²) in [6.07, 6.45) is 7.38. The van der Waals surface area contributed by atoms with Gasteiger partial charge in [-0.25, -0.2) is 4.98 Å². The van der Waals surface area contributed by atoms with Crippen molar-refractivity contribution in [2.75, 3.05) is 18.4 Å². The number of hydrogen-bond donors (Lipinski definition) is 2. The van der Waals surface area contributed by atoms with Gasteiger partial charge in [-0.3, -0.25) is 9.59 Å². The SMILES string of the molecule is O=C(Nc1cc(Cl)c(O)c(Cl)c1)c1csc(C2CCN(C(=O)C3CCCCC3)CC2)n1. The molecule has 1 aliphatic heterocycles. The topological polar surface area (TPSA) is 82.5 Å². The monoisotopic (exact) mass is 481 g/mol. The van der Waals surface area contributed by atoms with Gasteiger partial charge in [-0.05, 0) is 37.8 Å². The van der Waals surface area contributed by atoms with Crippen LogP contribution >= 0.6 is 34.5 Å². The van der Waals surface area contributed by atoms with Crippen LogP contribution in [0.3, 0.4) is 0 Å². The number of halogens is 2. The van der Waals surface area contributed by atoms with Gasteiger partial charge in [0.05, 0.1) is 15.1 Å². The lowest BCUT2D eigenvalue weighted by Gasteiger charge is -2.34. The van der Waals surface area contributed by atoms with Gasteiger partial charge in [0.1, 0.15) is 5.69 Å². The number of aromatic nitrogens is 1. The fourth-order valence-corrected chi connectivity index (χ4v) is 5.83. The molecular weight excluding hydrogens is 457 g/mol. The summed E-state index contributed by atoms with van der Waals surface area (Å²) in [7, 11) is 0. The van der Waals surface area contributed by atoms with E-state index in [-0.39, 0.29) is 33.5 Å². The summed E-state index contributed by atoms with van der Waals surface area (Å²) in [5.41, 5.74) is 0.725. The normalized spacial score (nSPS) is 18.2. The Labute approximate surface area is 195 Å². The number of piperidine rings is 1. The molecule has 166 valence electrons. The third-order valence-corrected chi connectivity index (χ3v) is 7.72. The highest BCUT2D eigenvalue weighted by atomic mass is 35.5. The number of amides is 2. The minimum absolute atomic E-state index is 0.0660. The molecule has 1 aromatic carbocycles. The molecule has 31 heavy (non-hydrogen) atoms. The van der Waals surface area contributed by atoms with Crippen LogP contribution in [0.1, 0.15) is 66.4 Å². The second-order valence-electron chi connectivity index (χ2n) is 8.25. The molecule has 1 aliphatic carbocycles. The van der Waals surface area contributed by atoms with Crippen LogP contribution in [0.2, 0.25) is 10.0 Å². The number of thiazole rings is 1. The Hall–Kier alpha value is -1.83. The van der Waals surface area contributed by atoms with Gasteiger partial charge in [0.2, 0.25) is 5.91 Å². The van der Waals surface area contributed by atoms with Crippen LogP contribution in [0.15, 0.2) is 17.5 Å². The first-order valence-corrected chi connectivity index (χ1v) is 12.3. The standard InChI is InChI=1S/C22H25Cl2N3O3S/c23-16-10-15(11-17(24)19(16)28)25-20(29)18-12-31-21(26-18)13-6-8-27(9-7-13)22(30)14-4-2-1-3-5-14/h10-14,28H,1-9H2,(H,25,29). The number of benzene rings is 1. The van der Waals surface area contributed by atoms with Gasteiger partial charge in [-0.15, -0.1) is 11.3 Å². The van der Waals surface area contributed by atoms with Crippen molar-refractivity contribution >= 4 is 52.0 Å². The highest BCUT2D eigenvalue weighted by Crippen LogP contribution is 2.35. The smallest absolute Gasteiger partial charge is 0.275 e. The van der Waals surface area contributed by atoms with Crippen molar-refractivity contribution in [3.05, 3.63) is 38.3 Å². The number of nitrogens with one attached hydrogen (secondary N) is 1. The molecule has 9 heteroatoms. The fourth-order valence-electron chi connectivity index (χ4n) is 4.37. The molecule has 2 fully saturated rings.